The van der Waals surface area contributed by atoms with Gasteiger partial charge >= 0.3 is 0 Å². The maximum Gasteiger partial charge on any atom is 0.106 e. The molecule has 0 spiro atoms. The third-order valence-corrected chi connectivity index (χ3v) is 22.1. The molecule has 0 aliphatic rings. The Morgan fingerprint density at radius 2 is 0.497 bits per heavy atom. The van der Waals surface area contributed by atoms with Crippen molar-refractivity contribution in [3.8, 4) is 135 Å². The van der Waals surface area contributed by atoms with Crippen LogP contribution in [0.15, 0.2) is 257 Å². The molecule has 17 aromatic rings. The van der Waals surface area contributed by atoms with Crippen molar-refractivity contribution in [2.45, 2.75) is 201 Å². The number of aliphatic hydroxyl groups is 6. The standard InChI is InChI=1S/C25H22N3.C24H20N3.2C18H16N3.C16H13N4.3C5H12O2.5Ir/c1-16-9-5-6-12-20(16)24-23(22-17(2)10-7-11-18(22)3)25(28-15-27-24)21-13-8-14-26-19(21)4;1-16-11-12-17(2)21(14-16)24-22(19-8-5-4-6-9-19)23(26-15-27-24)20-10-7-13-25-18(20)3;2*1-12-6-7-13(2)16(9-12)18-10-17(20-11-21-18)15-5-4-8-19-14(15)3;1-11-13(5-3-7-17-11)15-9-16(20-10-19-15)14-6-4-8-18-12(14)2;3*1-4(6)3-5(2)7;;;;;/h5-12,14-15H,1-4H3;4-9,11-15H,1-3H3;2*4,6-11H,1-3H3;3-5,7-10H,1-2H3;3*4-7H,3H2,1-2H3;;;;;/q5*-1;;;;;;;;. The fourth-order valence-corrected chi connectivity index (χ4v) is 15.3. The number of pyridine rings is 6. The number of aryl methyl sites for hydroxylation is 15. The van der Waals surface area contributed by atoms with E-state index in [4.69, 9.17) is 45.6 Å². The summed E-state index contributed by atoms with van der Waals surface area (Å²) < 4.78 is 0. The molecule has 6 atom stereocenters. The second kappa shape index (κ2) is 61.0. The quantitative estimate of drug-likeness (QED) is 0.0435. The van der Waals surface area contributed by atoms with Crippen molar-refractivity contribution in [1.29, 1.82) is 0 Å². The molecular formula is C116H123Ir5N16O6-5. The van der Waals surface area contributed by atoms with Crippen LogP contribution in [0.5, 0.6) is 0 Å². The molecular weight excluding hydrogens is 2670 g/mol. The van der Waals surface area contributed by atoms with Gasteiger partial charge in [0, 0.05) is 152 Å². The molecule has 0 bridgehead atoms. The van der Waals surface area contributed by atoms with E-state index in [2.05, 4.69) is 267 Å². The van der Waals surface area contributed by atoms with Gasteiger partial charge in [-0.15, -0.1) is 88.5 Å². The van der Waals surface area contributed by atoms with E-state index in [0.29, 0.717) is 19.3 Å². The minimum absolute atomic E-state index is 0. The maximum atomic E-state index is 8.56. The molecule has 11 heterocycles. The molecule has 11 aromatic heterocycles. The molecule has 17 rings (SSSR count). The third-order valence-electron chi connectivity index (χ3n) is 22.1. The molecule has 5 radical (unpaired) electrons. The van der Waals surface area contributed by atoms with Crippen molar-refractivity contribution < 1.29 is 131 Å². The number of hydrogen-bond acceptors (Lipinski definition) is 22. The summed E-state index contributed by atoms with van der Waals surface area (Å²) in [5.74, 6) is 0. The zero-order valence-corrected chi connectivity index (χ0v) is 96.3. The van der Waals surface area contributed by atoms with Gasteiger partial charge < -0.3 is 55.6 Å². The van der Waals surface area contributed by atoms with Crippen LogP contribution in [0.3, 0.4) is 0 Å². The van der Waals surface area contributed by atoms with Crippen molar-refractivity contribution in [3.63, 3.8) is 0 Å². The average molecular weight is 2800 g/mol. The first-order valence-electron chi connectivity index (χ1n) is 45.9. The molecule has 22 nitrogen and oxygen atoms in total. The summed E-state index contributed by atoms with van der Waals surface area (Å²) in [6.45, 7) is 40.8. The van der Waals surface area contributed by atoms with E-state index >= 15 is 0 Å². The van der Waals surface area contributed by atoms with Crippen LogP contribution in [0.2, 0.25) is 0 Å². The first-order chi connectivity index (χ1) is 66.2. The van der Waals surface area contributed by atoms with E-state index in [1.165, 1.54) is 55.6 Å². The molecule has 0 aliphatic carbocycles. The van der Waals surface area contributed by atoms with Gasteiger partial charge in [0.2, 0.25) is 0 Å². The summed E-state index contributed by atoms with van der Waals surface area (Å²) in [4.78, 5) is 71.1. The number of aromatic nitrogens is 16. The van der Waals surface area contributed by atoms with Gasteiger partial charge in [-0.1, -0.05) is 210 Å². The topological polar surface area (TPSA) is 328 Å². The van der Waals surface area contributed by atoms with Crippen molar-refractivity contribution in [2.24, 2.45) is 0 Å². The first kappa shape index (κ1) is 122. The number of nitrogens with zero attached hydrogens (tertiary/aromatic N) is 16. The molecule has 6 aromatic carbocycles. The van der Waals surface area contributed by atoms with Gasteiger partial charge in [-0.05, 0) is 262 Å². The smallest absolute Gasteiger partial charge is 0.106 e. The van der Waals surface area contributed by atoms with E-state index in [1.54, 1.807) is 116 Å². The van der Waals surface area contributed by atoms with Gasteiger partial charge in [-0.3, -0.25) is 29.9 Å². The Kier molecular flexibility index (Phi) is 52.1. The molecule has 0 saturated heterocycles. The van der Waals surface area contributed by atoms with Gasteiger partial charge in [0.15, 0.2) is 0 Å². The van der Waals surface area contributed by atoms with E-state index in [-0.39, 0.29) is 137 Å². The predicted molar refractivity (Wildman–Crippen MR) is 551 cm³/mol. The van der Waals surface area contributed by atoms with Crippen LogP contribution < -0.4 is 0 Å². The van der Waals surface area contributed by atoms with Gasteiger partial charge in [0.1, 0.15) is 31.6 Å². The SMILES string of the molecule is CC(O)CC(C)O.CC(O)CC(C)O.CC(O)CC(C)O.Cc1ccc(C)c(-c2cc(-c3[c-]ccnc3C)ncn2)c1.Cc1ccc(C)c(-c2cc(-c3[c-]ccnc3C)ncn2)c1.Cc1ccc(C)c(-c2ncnc(-c3[c-]ccnc3C)c2-c2ccccc2)c1.Cc1ccccc1-c1ncnc(-c2[c-]ccnc2C)c1-c1c(C)cccc1C.Cc1ncc[c-]c1-c1cc(-c2cccnc2C)ncn1.[Ir].[Ir].[Ir].[Ir].[Ir]. The van der Waals surface area contributed by atoms with E-state index in [1.807, 2.05) is 114 Å². The van der Waals surface area contributed by atoms with Gasteiger partial charge in [-0.2, -0.15) is 0 Å². The van der Waals surface area contributed by atoms with E-state index < -0.39 is 0 Å². The Balaban J connectivity index is 0.000000298. The Morgan fingerprint density at radius 3 is 0.846 bits per heavy atom. The van der Waals surface area contributed by atoms with Crippen LogP contribution in [0.1, 0.15) is 145 Å². The van der Waals surface area contributed by atoms with Crippen molar-refractivity contribution in [2.75, 3.05) is 0 Å². The molecule has 27 heteroatoms. The largest absolute Gasteiger partial charge is 0.393 e. The van der Waals surface area contributed by atoms with E-state index in [0.717, 1.165) is 163 Å². The van der Waals surface area contributed by atoms with Crippen molar-refractivity contribution in [3.05, 3.63) is 371 Å². The van der Waals surface area contributed by atoms with E-state index in [9.17, 15) is 0 Å². The second-order valence-corrected chi connectivity index (χ2v) is 34.3. The fourth-order valence-electron chi connectivity index (χ4n) is 15.3. The number of hydrogen-bond donors (Lipinski definition) is 6. The minimum Gasteiger partial charge on any atom is -0.393 e. The molecule has 0 saturated carbocycles. The monoisotopic (exact) mass is 2800 g/mol. The average Bonchev–Trinajstić information content (AvgIpc) is 0.758. The van der Waals surface area contributed by atoms with Crippen LogP contribution >= 0.6 is 0 Å². The Hall–Kier alpha value is -11.4. The molecule has 0 amide bonds. The molecule has 6 N–H and O–H groups in total. The van der Waals surface area contributed by atoms with Crippen LogP contribution in [0, 0.1) is 134 Å². The maximum absolute atomic E-state index is 8.56. The number of aliphatic hydroxyl groups excluding tert-OH is 6. The molecule has 143 heavy (non-hydrogen) atoms. The number of rotatable bonds is 18. The normalized spacial score (nSPS) is 11.5. The molecule has 753 valence electrons. The van der Waals surface area contributed by atoms with Gasteiger partial charge in [-0.25, -0.2) is 24.9 Å². The summed E-state index contributed by atoms with van der Waals surface area (Å²) in [7, 11) is 0. The van der Waals surface area contributed by atoms with Crippen molar-refractivity contribution >= 4 is 0 Å². The fraction of sp³-hybridized carbons (Fsp3) is 0.259. The number of benzene rings is 6. The molecule has 0 aliphatic heterocycles. The zero-order valence-electron chi connectivity index (χ0n) is 84.3. The van der Waals surface area contributed by atoms with Crippen molar-refractivity contribution in [1.82, 2.24) is 79.7 Å². The van der Waals surface area contributed by atoms with Crippen LogP contribution in [-0.2, 0) is 101 Å². The van der Waals surface area contributed by atoms with Crippen LogP contribution in [0.4, 0.5) is 0 Å². The summed E-state index contributed by atoms with van der Waals surface area (Å²) in [5, 5.41) is 51.4. The Labute approximate surface area is 910 Å². The van der Waals surface area contributed by atoms with Gasteiger partial charge in [0.05, 0.1) is 65.1 Å². The summed E-state index contributed by atoms with van der Waals surface area (Å²) in [6.07, 6.45) is 17.7. The molecule has 6 unspecified atom stereocenters. The second-order valence-electron chi connectivity index (χ2n) is 34.3. The van der Waals surface area contributed by atoms with Crippen LogP contribution in [-0.4, -0.2) is 147 Å². The summed E-state index contributed by atoms with van der Waals surface area (Å²) in [5.41, 5.74) is 39.6. The zero-order chi connectivity index (χ0) is 99.6. The Morgan fingerprint density at radius 1 is 0.217 bits per heavy atom. The molecule has 0 fully saturated rings. The summed E-state index contributed by atoms with van der Waals surface area (Å²) >= 11 is 0. The van der Waals surface area contributed by atoms with Crippen LogP contribution in [0.25, 0.3) is 135 Å². The Bertz CT molecular complexity index is 6530. The summed E-state index contributed by atoms with van der Waals surface area (Å²) in [6, 6.07) is 79.4. The van der Waals surface area contributed by atoms with Gasteiger partial charge in [0.25, 0.3) is 0 Å². The first-order valence-corrected chi connectivity index (χ1v) is 45.9. The minimum atomic E-state index is -0.375. The third kappa shape index (κ3) is 36.1. The predicted octanol–water partition coefficient (Wildman–Crippen LogP) is 22.8.